The maximum absolute atomic E-state index is 12.8. The lowest BCUT2D eigenvalue weighted by Crippen LogP contribution is -2.39. The monoisotopic (exact) mass is 482 g/mol. The molecule has 1 aromatic carbocycles. The topological polar surface area (TPSA) is 65.5 Å². The van der Waals surface area contributed by atoms with E-state index < -0.39 is 0 Å². The van der Waals surface area contributed by atoms with Gasteiger partial charge in [-0.05, 0) is 49.8 Å². The van der Waals surface area contributed by atoms with Gasteiger partial charge in [-0.25, -0.2) is 9.38 Å². The van der Waals surface area contributed by atoms with Crippen molar-refractivity contribution in [1.82, 2.24) is 16.0 Å². The van der Waals surface area contributed by atoms with Crippen LogP contribution in [0.4, 0.5) is 4.39 Å². The van der Waals surface area contributed by atoms with E-state index in [2.05, 4.69) is 20.9 Å². The highest BCUT2D eigenvalue weighted by Crippen LogP contribution is 2.18. The van der Waals surface area contributed by atoms with Crippen molar-refractivity contribution in [1.29, 1.82) is 0 Å². The minimum absolute atomic E-state index is 0. The van der Waals surface area contributed by atoms with Gasteiger partial charge in [0, 0.05) is 24.5 Å². The van der Waals surface area contributed by atoms with E-state index in [1.165, 1.54) is 12.1 Å². The molecule has 0 atom stereocenters. The number of halogens is 2. The minimum Gasteiger partial charge on any atom is -0.357 e. The van der Waals surface area contributed by atoms with Gasteiger partial charge in [-0.15, -0.1) is 35.7 Å². The summed E-state index contributed by atoms with van der Waals surface area (Å²) in [5.41, 5.74) is 0. The average Bonchev–Trinajstić information content (AvgIpc) is 2.59. The van der Waals surface area contributed by atoms with Crippen LogP contribution < -0.4 is 16.0 Å². The first-order valence-corrected chi connectivity index (χ1v) is 9.31. The van der Waals surface area contributed by atoms with Crippen LogP contribution in [-0.4, -0.2) is 43.8 Å². The first-order valence-electron chi connectivity index (χ1n) is 8.33. The summed E-state index contributed by atoms with van der Waals surface area (Å²) in [5.74, 6) is 1.29. The predicted molar refractivity (Wildman–Crippen MR) is 114 cm³/mol. The van der Waals surface area contributed by atoms with E-state index in [1.54, 1.807) is 23.9 Å². The molecular weight excluding hydrogens is 454 g/mol. The molecule has 0 aliphatic carbocycles. The summed E-state index contributed by atoms with van der Waals surface area (Å²) < 4.78 is 12.8. The second-order valence-corrected chi connectivity index (χ2v) is 6.30. The summed E-state index contributed by atoms with van der Waals surface area (Å²) >= 11 is 1.69. The Labute approximate surface area is 171 Å². The lowest BCUT2D eigenvalue weighted by molar-refractivity contribution is -0.119. The molecule has 5 nitrogen and oxygen atoms in total. The maximum Gasteiger partial charge on any atom is 0.241 e. The van der Waals surface area contributed by atoms with Gasteiger partial charge in [-0.3, -0.25) is 4.79 Å². The normalized spacial score (nSPS) is 10.8. The third-order valence-electron chi connectivity index (χ3n) is 2.99. The van der Waals surface area contributed by atoms with E-state index in [0.29, 0.717) is 12.5 Å². The average molecular weight is 482 g/mol. The van der Waals surface area contributed by atoms with Crippen LogP contribution in [0.25, 0.3) is 0 Å². The number of hydrogen-bond acceptors (Lipinski definition) is 3. The van der Waals surface area contributed by atoms with E-state index in [4.69, 9.17) is 0 Å². The van der Waals surface area contributed by atoms with Crippen molar-refractivity contribution >= 4 is 47.6 Å². The number of carbonyl (C=O) groups excluding carboxylic acids is 1. The number of nitrogens with zero attached hydrogens (tertiary/aromatic N) is 1. The number of thioether (sulfide) groups is 1. The predicted octanol–water partition coefficient (Wildman–Crippen LogP) is 3.01. The number of nitrogens with one attached hydrogen (secondary N) is 3. The largest absolute Gasteiger partial charge is 0.357 e. The SMILES string of the molecule is CCCNC(=O)CN=C(NCC)NCCCSc1ccc(F)cc1.I. The van der Waals surface area contributed by atoms with Crippen molar-refractivity contribution in [3.05, 3.63) is 30.1 Å². The number of hydrogen-bond donors (Lipinski definition) is 3. The Morgan fingerprint density at radius 1 is 1.12 bits per heavy atom. The van der Waals surface area contributed by atoms with Crippen LogP contribution in [-0.2, 0) is 4.79 Å². The first kappa shape index (κ1) is 24.0. The maximum atomic E-state index is 12.8. The number of carbonyl (C=O) groups is 1. The summed E-state index contributed by atoms with van der Waals surface area (Å²) in [6.07, 6.45) is 1.86. The molecule has 8 heteroatoms. The second kappa shape index (κ2) is 15.2. The number of amides is 1. The molecular formula is C17H28FIN4OS. The Balaban J connectivity index is 0.00000576. The minimum atomic E-state index is -0.213. The van der Waals surface area contributed by atoms with Crippen LogP contribution in [0.5, 0.6) is 0 Å². The Morgan fingerprint density at radius 2 is 1.84 bits per heavy atom. The molecule has 0 spiro atoms. The second-order valence-electron chi connectivity index (χ2n) is 5.13. The lowest BCUT2D eigenvalue weighted by atomic mass is 10.4. The molecule has 0 heterocycles. The van der Waals surface area contributed by atoms with E-state index in [-0.39, 0.29) is 42.2 Å². The molecule has 1 rings (SSSR count). The zero-order valence-corrected chi connectivity index (χ0v) is 18.0. The van der Waals surface area contributed by atoms with E-state index in [1.807, 2.05) is 13.8 Å². The van der Waals surface area contributed by atoms with Crippen molar-refractivity contribution in [3.63, 3.8) is 0 Å². The van der Waals surface area contributed by atoms with E-state index in [9.17, 15) is 9.18 Å². The molecule has 3 N–H and O–H groups in total. The fraction of sp³-hybridized carbons (Fsp3) is 0.529. The highest BCUT2D eigenvalue weighted by atomic mass is 127. The van der Waals surface area contributed by atoms with Gasteiger partial charge in [0.15, 0.2) is 5.96 Å². The zero-order valence-electron chi connectivity index (χ0n) is 14.8. The van der Waals surface area contributed by atoms with Crippen molar-refractivity contribution in [2.24, 2.45) is 4.99 Å². The van der Waals surface area contributed by atoms with Crippen molar-refractivity contribution < 1.29 is 9.18 Å². The van der Waals surface area contributed by atoms with E-state index >= 15 is 0 Å². The molecule has 0 radical (unpaired) electrons. The Morgan fingerprint density at radius 3 is 2.48 bits per heavy atom. The molecule has 0 bridgehead atoms. The van der Waals surface area contributed by atoms with Crippen LogP contribution in [0.3, 0.4) is 0 Å². The molecule has 0 aromatic heterocycles. The zero-order chi connectivity index (χ0) is 17.6. The highest BCUT2D eigenvalue weighted by Gasteiger charge is 2.01. The molecule has 142 valence electrons. The van der Waals surface area contributed by atoms with Gasteiger partial charge in [0.1, 0.15) is 12.4 Å². The van der Waals surface area contributed by atoms with Crippen LogP contribution in [0.1, 0.15) is 26.7 Å². The first-order chi connectivity index (χ1) is 11.7. The summed E-state index contributed by atoms with van der Waals surface area (Å²) in [6.45, 7) is 6.31. The highest BCUT2D eigenvalue weighted by molar-refractivity contribution is 14.0. The molecule has 1 aromatic rings. The molecule has 0 saturated heterocycles. The summed E-state index contributed by atoms with van der Waals surface area (Å²) in [4.78, 5) is 16.9. The van der Waals surface area contributed by atoms with Crippen LogP contribution >= 0.6 is 35.7 Å². The molecule has 0 aliphatic heterocycles. The van der Waals surface area contributed by atoms with E-state index in [0.717, 1.165) is 36.6 Å². The number of rotatable bonds is 10. The summed E-state index contributed by atoms with van der Waals surface area (Å²) in [7, 11) is 0. The number of guanidine groups is 1. The van der Waals surface area contributed by atoms with Crippen molar-refractivity contribution in [2.75, 3.05) is 31.9 Å². The summed E-state index contributed by atoms with van der Waals surface area (Å²) in [6, 6.07) is 6.52. The van der Waals surface area contributed by atoms with Gasteiger partial charge < -0.3 is 16.0 Å². The lowest BCUT2D eigenvalue weighted by Gasteiger charge is -2.11. The quantitative estimate of drug-likeness (QED) is 0.158. The molecule has 25 heavy (non-hydrogen) atoms. The smallest absolute Gasteiger partial charge is 0.241 e. The van der Waals surface area contributed by atoms with Gasteiger partial charge >= 0.3 is 0 Å². The van der Waals surface area contributed by atoms with Gasteiger partial charge in [-0.1, -0.05) is 6.92 Å². The molecule has 0 aliphatic rings. The fourth-order valence-electron chi connectivity index (χ4n) is 1.81. The van der Waals surface area contributed by atoms with Gasteiger partial charge in [-0.2, -0.15) is 0 Å². The molecule has 0 saturated carbocycles. The summed E-state index contributed by atoms with van der Waals surface area (Å²) in [5, 5.41) is 9.13. The third kappa shape index (κ3) is 12.0. The van der Waals surface area contributed by atoms with Crippen LogP contribution in [0.2, 0.25) is 0 Å². The Bertz CT molecular complexity index is 514. The van der Waals surface area contributed by atoms with Crippen molar-refractivity contribution in [2.45, 2.75) is 31.6 Å². The van der Waals surface area contributed by atoms with Gasteiger partial charge in [0.2, 0.25) is 5.91 Å². The standard InChI is InChI=1S/C17H27FN4OS.HI/c1-3-10-20-16(23)13-22-17(19-4-2)21-11-5-12-24-15-8-6-14(18)7-9-15;/h6-9H,3-5,10-13H2,1-2H3,(H,20,23)(H2,19,21,22);1H. The Kier molecular flexibility index (Phi) is 14.6. The molecule has 1 amide bonds. The van der Waals surface area contributed by atoms with Crippen molar-refractivity contribution in [3.8, 4) is 0 Å². The van der Waals surface area contributed by atoms with Gasteiger partial charge in [0.05, 0.1) is 0 Å². The third-order valence-corrected chi connectivity index (χ3v) is 4.09. The van der Waals surface area contributed by atoms with Gasteiger partial charge in [0.25, 0.3) is 0 Å². The van der Waals surface area contributed by atoms with Crippen LogP contribution in [0, 0.1) is 5.82 Å². The molecule has 0 fully saturated rings. The number of aliphatic imine (C=N–C) groups is 1. The number of benzene rings is 1. The molecule has 0 unspecified atom stereocenters. The Hall–Kier alpha value is -1.03. The fourth-order valence-corrected chi connectivity index (χ4v) is 2.67. The van der Waals surface area contributed by atoms with Crippen LogP contribution in [0.15, 0.2) is 34.2 Å².